The molecule has 1 N–H and O–H groups in total. The molecule has 0 aliphatic carbocycles. The van der Waals surface area contributed by atoms with Crippen molar-refractivity contribution >= 4 is 17.2 Å². The Balaban J connectivity index is 1.63. The maximum Gasteiger partial charge on any atom is 0.0539 e. The predicted molar refractivity (Wildman–Crippen MR) is 116 cm³/mol. The third kappa shape index (κ3) is 3.19. The molecule has 2 unspecified atom stereocenters. The summed E-state index contributed by atoms with van der Waals surface area (Å²) >= 11 is 6.11. The van der Waals surface area contributed by atoms with Crippen molar-refractivity contribution in [1.29, 1.82) is 0 Å². The second kappa shape index (κ2) is 7.23. The number of fused-ring (bicyclic) bond motifs is 1. The van der Waals surface area contributed by atoms with E-state index in [4.69, 9.17) is 11.6 Å². The van der Waals surface area contributed by atoms with E-state index in [-0.39, 0.29) is 0 Å². The van der Waals surface area contributed by atoms with Crippen molar-refractivity contribution in [2.45, 2.75) is 25.8 Å². The van der Waals surface area contributed by atoms with Crippen LogP contribution in [0, 0.1) is 5.92 Å². The zero-order valence-corrected chi connectivity index (χ0v) is 16.8. The smallest absolute Gasteiger partial charge is 0.0539 e. The van der Waals surface area contributed by atoms with Crippen LogP contribution in [0.25, 0.3) is 28.0 Å². The van der Waals surface area contributed by atoms with Gasteiger partial charge in [0, 0.05) is 53.9 Å². The Labute approximate surface area is 171 Å². The summed E-state index contributed by atoms with van der Waals surface area (Å²) in [5.74, 6) is 0.788. The van der Waals surface area contributed by atoms with Crippen molar-refractivity contribution in [1.82, 2.24) is 14.9 Å². The van der Waals surface area contributed by atoms with E-state index in [2.05, 4.69) is 58.3 Å². The molecule has 3 nitrogen and oxygen atoms in total. The molecule has 5 rings (SSSR count). The van der Waals surface area contributed by atoms with Crippen molar-refractivity contribution in [3.63, 3.8) is 0 Å². The van der Waals surface area contributed by atoms with Gasteiger partial charge in [0.1, 0.15) is 0 Å². The first-order valence-corrected chi connectivity index (χ1v) is 10.4. The summed E-state index contributed by atoms with van der Waals surface area (Å²) in [6.07, 6.45) is 10.8. The number of hydrogen-bond donors (Lipinski definition) is 1. The van der Waals surface area contributed by atoms with Crippen LogP contribution in [0.5, 0.6) is 0 Å². The van der Waals surface area contributed by atoms with Crippen LogP contribution < -0.4 is 0 Å². The second-order valence-electron chi connectivity index (χ2n) is 8.04. The number of aromatic amines is 1. The molecule has 2 aliphatic heterocycles. The van der Waals surface area contributed by atoms with E-state index in [1.807, 2.05) is 24.5 Å². The molecule has 0 saturated carbocycles. The lowest BCUT2D eigenvalue weighted by molar-refractivity contribution is 0.283. The standard InChI is InChI=1S/C24H24ClN3/c1-16-12-21-13-19(8-11-28(21)15-16)22-14-27-24(18-2-4-20(25)5-3-18)23(22)17-6-9-26-10-7-17/h2-7,9-10,13-14,16,21,27H,8,11-12,15H2,1H3. The summed E-state index contributed by atoms with van der Waals surface area (Å²) in [4.78, 5) is 10.4. The largest absolute Gasteiger partial charge is 0.360 e. The highest BCUT2D eigenvalue weighted by Gasteiger charge is 2.32. The Morgan fingerprint density at radius 3 is 2.64 bits per heavy atom. The summed E-state index contributed by atoms with van der Waals surface area (Å²) in [6, 6.07) is 12.8. The fourth-order valence-electron chi connectivity index (χ4n) is 4.75. The molecular weight excluding hydrogens is 366 g/mol. The molecule has 1 fully saturated rings. The first kappa shape index (κ1) is 17.7. The Morgan fingerprint density at radius 1 is 1.07 bits per heavy atom. The van der Waals surface area contributed by atoms with E-state index in [9.17, 15) is 0 Å². The summed E-state index contributed by atoms with van der Waals surface area (Å²) in [7, 11) is 0. The highest BCUT2D eigenvalue weighted by Crippen LogP contribution is 2.41. The van der Waals surface area contributed by atoms with Gasteiger partial charge in [-0.05, 0) is 59.7 Å². The van der Waals surface area contributed by atoms with Gasteiger partial charge in [0.25, 0.3) is 0 Å². The SMILES string of the molecule is CC1CC2C=C(c3c[nH]c(-c4ccc(Cl)cc4)c3-c3ccncc3)CCN2C1. The van der Waals surface area contributed by atoms with Gasteiger partial charge in [0.05, 0.1) is 5.69 Å². The molecule has 0 spiro atoms. The molecule has 2 atom stereocenters. The van der Waals surface area contributed by atoms with Gasteiger partial charge >= 0.3 is 0 Å². The summed E-state index contributed by atoms with van der Waals surface area (Å²) in [5, 5.41) is 0.756. The first-order chi connectivity index (χ1) is 13.7. The van der Waals surface area contributed by atoms with E-state index < -0.39 is 0 Å². The van der Waals surface area contributed by atoms with Crippen LogP contribution in [0.1, 0.15) is 25.3 Å². The summed E-state index contributed by atoms with van der Waals surface area (Å²) in [6.45, 7) is 4.75. The first-order valence-electron chi connectivity index (χ1n) is 10.0. The monoisotopic (exact) mass is 389 g/mol. The molecule has 4 heterocycles. The number of aromatic nitrogens is 2. The van der Waals surface area contributed by atoms with Gasteiger partial charge in [0.15, 0.2) is 0 Å². The van der Waals surface area contributed by atoms with Gasteiger partial charge in [-0.2, -0.15) is 0 Å². The Morgan fingerprint density at radius 2 is 1.86 bits per heavy atom. The van der Waals surface area contributed by atoms with Crippen LogP contribution >= 0.6 is 11.6 Å². The van der Waals surface area contributed by atoms with Crippen molar-refractivity contribution in [3.05, 3.63) is 71.7 Å². The fraction of sp³-hybridized carbons (Fsp3) is 0.292. The van der Waals surface area contributed by atoms with Gasteiger partial charge < -0.3 is 4.98 Å². The molecule has 2 aromatic heterocycles. The van der Waals surface area contributed by atoms with Gasteiger partial charge in [0.2, 0.25) is 0 Å². The zero-order valence-electron chi connectivity index (χ0n) is 16.0. The molecule has 1 saturated heterocycles. The number of pyridine rings is 1. The van der Waals surface area contributed by atoms with Crippen LogP contribution in [-0.4, -0.2) is 34.0 Å². The third-order valence-corrected chi connectivity index (χ3v) is 6.30. The molecule has 0 amide bonds. The van der Waals surface area contributed by atoms with Crippen LogP contribution in [0.4, 0.5) is 0 Å². The number of rotatable bonds is 3. The van der Waals surface area contributed by atoms with Crippen LogP contribution in [0.15, 0.2) is 61.1 Å². The zero-order chi connectivity index (χ0) is 19.1. The predicted octanol–water partition coefficient (Wildman–Crippen LogP) is 5.89. The normalized spacial score (nSPS) is 22.1. The number of nitrogens with zero attached hydrogens (tertiary/aromatic N) is 2. The summed E-state index contributed by atoms with van der Waals surface area (Å²) in [5.41, 5.74) is 7.51. The van der Waals surface area contributed by atoms with Crippen molar-refractivity contribution in [3.8, 4) is 22.4 Å². The maximum absolute atomic E-state index is 6.11. The Bertz CT molecular complexity index is 1000. The minimum absolute atomic E-state index is 0.581. The van der Waals surface area contributed by atoms with E-state index in [0.717, 1.165) is 35.2 Å². The number of benzene rings is 1. The van der Waals surface area contributed by atoms with Crippen molar-refractivity contribution in [2.24, 2.45) is 5.92 Å². The quantitative estimate of drug-likeness (QED) is 0.605. The number of halogens is 1. The van der Waals surface area contributed by atoms with E-state index in [1.54, 1.807) is 0 Å². The molecule has 1 aromatic carbocycles. The fourth-order valence-corrected chi connectivity index (χ4v) is 4.87. The minimum Gasteiger partial charge on any atom is -0.360 e. The van der Waals surface area contributed by atoms with Crippen LogP contribution in [0.3, 0.4) is 0 Å². The highest BCUT2D eigenvalue weighted by atomic mass is 35.5. The molecule has 4 heteroatoms. The lowest BCUT2D eigenvalue weighted by Gasteiger charge is -2.28. The second-order valence-corrected chi connectivity index (χ2v) is 8.48. The van der Waals surface area contributed by atoms with Gasteiger partial charge in [-0.15, -0.1) is 0 Å². The number of hydrogen-bond acceptors (Lipinski definition) is 2. The summed E-state index contributed by atoms with van der Waals surface area (Å²) < 4.78 is 0. The Hall–Kier alpha value is -2.36. The minimum atomic E-state index is 0.581. The van der Waals surface area contributed by atoms with Gasteiger partial charge in [-0.1, -0.05) is 36.7 Å². The molecule has 2 aliphatic rings. The maximum atomic E-state index is 6.11. The van der Waals surface area contributed by atoms with Gasteiger partial charge in [-0.25, -0.2) is 0 Å². The average molecular weight is 390 g/mol. The van der Waals surface area contributed by atoms with Crippen LogP contribution in [-0.2, 0) is 0 Å². The molecule has 142 valence electrons. The number of nitrogens with one attached hydrogen (secondary N) is 1. The lowest BCUT2D eigenvalue weighted by Crippen LogP contribution is -2.32. The van der Waals surface area contributed by atoms with Crippen molar-refractivity contribution < 1.29 is 0 Å². The van der Waals surface area contributed by atoms with Gasteiger partial charge in [-0.3, -0.25) is 9.88 Å². The lowest BCUT2D eigenvalue weighted by atomic mass is 9.90. The molecule has 3 aromatic rings. The van der Waals surface area contributed by atoms with E-state index >= 15 is 0 Å². The topological polar surface area (TPSA) is 31.9 Å². The average Bonchev–Trinajstić information content (AvgIpc) is 3.31. The number of H-pyrrole nitrogens is 1. The molecule has 0 radical (unpaired) electrons. The Kier molecular flexibility index (Phi) is 4.58. The van der Waals surface area contributed by atoms with E-state index in [0.29, 0.717) is 6.04 Å². The van der Waals surface area contributed by atoms with Crippen LogP contribution in [0.2, 0.25) is 5.02 Å². The molecule has 28 heavy (non-hydrogen) atoms. The third-order valence-electron chi connectivity index (χ3n) is 6.05. The highest BCUT2D eigenvalue weighted by molar-refractivity contribution is 6.30. The van der Waals surface area contributed by atoms with Crippen molar-refractivity contribution in [2.75, 3.05) is 13.1 Å². The molecule has 0 bridgehead atoms. The van der Waals surface area contributed by atoms with E-state index in [1.165, 1.54) is 35.2 Å². The molecular formula is C24H24ClN3.